The molecule has 1 N–H and O–H groups in total. The molecule has 0 unspecified atom stereocenters. The highest BCUT2D eigenvalue weighted by Gasteiger charge is 1.97. The van der Waals surface area contributed by atoms with E-state index in [-0.39, 0.29) is 5.56 Å². The van der Waals surface area contributed by atoms with E-state index < -0.39 is 0 Å². The fraction of sp³-hybridized carbons (Fsp3) is 0.167. The van der Waals surface area contributed by atoms with Gasteiger partial charge < -0.3 is 4.98 Å². The van der Waals surface area contributed by atoms with Crippen LogP contribution in [0.25, 0.3) is 0 Å². The molecule has 0 bridgehead atoms. The number of nitrogens with zero attached hydrogens (tertiary/aromatic N) is 1. The molecule has 0 aliphatic heterocycles. The van der Waals surface area contributed by atoms with Crippen molar-refractivity contribution >= 4 is 0 Å². The number of aryl methyl sites for hydroxylation is 1. The highest BCUT2D eigenvalue weighted by molar-refractivity contribution is 5.23. The Bertz CT molecular complexity index is 500. The smallest absolute Gasteiger partial charge is 0.250 e. The highest BCUT2D eigenvalue weighted by Crippen LogP contribution is 2.06. The molecule has 1 aromatic carbocycles. The van der Waals surface area contributed by atoms with Gasteiger partial charge in [-0.2, -0.15) is 0 Å². The van der Waals surface area contributed by atoms with Gasteiger partial charge in [0.15, 0.2) is 0 Å². The van der Waals surface area contributed by atoms with Gasteiger partial charge in [0.25, 0.3) is 5.56 Å². The van der Waals surface area contributed by atoms with Crippen molar-refractivity contribution in [3.63, 3.8) is 0 Å². The minimum atomic E-state index is -0.105. The second kappa shape index (κ2) is 4.09. The molecule has 0 saturated heterocycles. The van der Waals surface area contributed by atoms with Gasteiger partial charge in [-0.3, -0.25) is 4.79 Å². The van der Waals surface area contributed by atoms with Gasteiger partial charge in [-0.15, -0.1) is 0 Å². The Kier molecular flexibility index (Phi) is 2.63. The number of hydrogen-bond donors (Lipinski definition) is 1. The maximum Gasteiger partial charge on any atom is 0.250 e. The van der Waals surface area contributed by atoms with E-state index in [1.807, 2.05) is 19.1 Å². The molecule has 0 fully saturated rings. The SMILES string of the molecule is Cc1ccc(Cc2nccc(=O)[nH]2)cc1. The second-order valence-electron chi connectivity index (χ2n) is 3.54. The number of aromatic nitrogens is 2. The maximum atomic E-state index is 11.0. The molecule has 0 amide bonds. The van der Waals surface area contributed by atoms with Crippen molar-refractivity contribution < 1.29 is 0 Å². The molecule has 0 atom stereocenters. The first kappa shape index (κ1) is 9.65. The summed E-state index contributed by atoms with van der Waals surface area (Å²) in [6.07, 6.45) is 2.19. The zero-order valence-corrected chi connectivity index (χ0v) is 8.53. The van der Waals surface area contributed by atoms with Crippen LogP contribution in [-0.2, 0) is 6.42 Å². The van der Waals surface area contributed by atoms with Crippen molar-refractivity contribution in [1.82, 2.24) is 9.97 Å². The van der Waals surface area contributed by atoms with E-state index in [0.29, 0.717) is 12.2 Å². The van der Waals surface area contributed by atoms with E-state index in [0.717, 1.165) is 5.56 Å². The maximum absolute atomic E-state index is 11.0. The molecule has 1 heterocycles. The summed E-state index contributed by atoms with van der Waals surface area (Å²) >= 11 is 0. The average Bonchev–Trinajstić information content (AvgIpc) is 2.22. The first-order chi connectivity index (χ1) is 7.24. The van der Waals surface area contributed by atoms with Crippen molar-refractivity contribution in [2.75, 3.05) is 0 Å². The lowest BCUT2D eigenvalue weighted by Crippen LogP contribution is -2.09. The topological polar surface area (TPSA) is 45.8 Å². The standard InChI is InChI=1S/C12H12N2O/c1-9-2-4-10(5-3-9)8-11-13-7-6-12(15)14-11/h2-7H,8H2,1H3,(H,13,14,15). The third kappa shape index (κ3) is 2.53. The van der Waals surface area contributed by atoms with Gasteiger partial charge in [-0.05, 0) is 12.5 Å². The molecule has 2 aromatic rings. The largest absolute Gasteiger partial charge is 0.310 e. The zero-order chi connectivity index (χ0) is 10.7. The first-order valence-electron chi connectivity index (χ1n) is 4.84. The summed E-state index contributed by atoms with van der Waals surface area (Å²) in [7, 11) is 0. The Morgan fingerprint density at radius 1 is 1.20 bits per heavy atom. The molecular formula is C12H12N2O. The number of H-pyrrole nitrogens is 1. The Morgan fingerprint density at radius 2 is 1.93 bits per heavy atom. The molecule has 1 aromatic heterocycles. The van der Waals surface area contributed by atoms with E-state index in [4.69, 9.17) is 0 Å². The predicted octanol–water partition coefficient (Wildman–Crippen LogP) is 1.67. The summed E-state index contributed by atoms with van der Waals surface area (Å²) in [4.78, 5) is 17.8. The third-order valence-electron chi connectivity index (χ3n) is 2.22. The van der Waals surface area contributed by atoms with Crippen LogP contribution < -0.4 is 5.56 Å². The number of benzene rings is 1. The summed E-state index contributed by atoms with van der Waals surface area (Å²) in [5, 5.41) is 0. The van der Waals surface area contributed by atoms with Crippen LogP contribution in [0.15, 0.2) is 41.3 Å². The molecule has 15 heavy (non-hydrogen) atoms. The van der Waals surface area contributed by atoms with Gasteiger partial charge in [0.1, 0.15) is 5.82 Å². The van der Waals surface area contributed by atoms with Gasteiger partial charge in [0.2, 0.25) is 0 Å². The molecule has 2 rings (SSSR count). The Labute approximate surface area is 87.8 Å². The van der Waals surface area contributed by atoms with Crippen molar-refractivity contribution in [3.05, 3.63) is 63.8 Å². The van der Waals surface area contributed by atoms with Crippen LogP contribution in [0.5, 0.6) is 0 Å². The van der Waals surface area contributed by atoms with Gasteiger partial charge in [-0.1, -0.05) is 29.8 Å². The summed E-state index contributed by atoms with van der Waals surface area (Å²) in [5.74, 6) is 0.700. The Morgan fingerprint density at radius 3 is 2.60 bits per heavy atom. The molecule has 0 spiro atoms. The number of rotatable bonds is 2. The van der Waals surface area contributed by atoms with E-state index in [1.165, 1.54) is 17.8 Å². The molecule has 3 nitrogen and oxygen atoms in total. The minimum absolute atomic E-state index is 0.105. The van der Waals surface area contributed by atoms with Crippen LogP contribution in [0.2, 0.25) is 0 Å². The Hall–Kier alpha value is -1.90. The third-order valence-corrected chi connectivity index (χ3v) is 2.22. The fourth-order valence-corrected chi connectivity index (χ4v) is 1.40. The van der Waals surface area contributed by atoms with Crippen LogP contribution in [-0.4, -0.2) is 9.97 Å². The van der Waals surface area contributed by atoms with Gasteiger partial charge in [0.05, 0.1) is 0 Å². The summed E-state index contributed by atoms with van der Waals surface area (Å²) in [6, 6.07) is 9.61. The van der Waals surface area contributed by atoms with Crippen LogP contribution >= 0.6 is 0 Å². The molecule has 76 valence electrons. The van der Waals surface area contributed by atoms with Crippen LogP contribution in [0, 0.1) is 6.92 Å². The van der Waals surface area contributed by atoms with Crippen LogP contribution in [0.1, 0.15) is 17.0 Å². The van der Waals surface area contributed by atoms with E-state index in [9.17, 15) is 4.79 Å². The average molecular weight is 200 g/mol. The second-order valence-corrected chi connectivity index (χ2v) is 3.54. The van der Waals surface area contributed by atoms with Gasteiger partial charge >= 0.3 is 0 Å². The van der Waals surface area contributed by atoms with Gasteiger partial charge in [0, 0.05) is 18.7 Å². The van der Waals surface area contributed by atoms with E-state index >= 15 is 0 Å². The van der Waals surface area contributed by atoms with Crippen molar-refractivity contribution in [1.29, 1.82) is 0 Å². The highest BCUT2D eigenvalue weighted by atomic mass is 16.1. The summed E-state index contributed by atoms with van der Waals surface area (Å²) < 4.78 is 0. The fourth-order valence-electron chi connectivity index (χ4n) is 1.40. The van der Waals surface area contributed by atoms with Crippen molar-refractivity contribution in [3.8, 4) is 0 Å². The van der Waals surface area contributed by atoms with Crippen molar-refractivity contribution in [2.24, 2.45) is 0 Å². The number of nitrogens with one attached hydrogen (secondary N) is 1. The lowest BCUT2D eigenvalue weighted by atomic mass is 10.1. The molecule has 3 heteroatoms. The predicted molar refractivity (Wildman–Crippen MR) is 58.8 cm³/mol. The van der Waals surface area contributed by atoms with Crippen molar-refractivity contribution in [2.45, 2.75) is 13.3 Å². The minimum Gasteiger partial charge on any atom is -0.310 e. The van der Waals surface area contributed by atoms with E-state index in [1.54, 1.807) is 0 Å². The van der Waals surface area contributed by atoms with Crippen LogP contribution in [0.3, 0.4) is 0 Å². The lowest BCUT2D eigenvalue weighted by Gasteiger charge is -2.00. The molecule has 0 radical (unpaired) electrons. The van der Waals surface area contributed by atoms with Gasteiger partial charge in [-0.25, -0.2) is 4.98 Å². The zero-order valence-electron chi connectivity index (χ0n) is 8.53. The Balaban J connectivity index is 2.22. The quantitative estimate of drug-likeness (QED) is 0.801. The lowest BCUT2D eigenvalue weighted by molar-refractivity contribution is 0.945. The molecule has 0 aliphatic carbocycles. The molecular weight excluding hydrogens is 188 g/mol. The molecule has 0 saturated carbocycles. The summed E-state index contributed by atoms with van der Waals surface area (Å²) in [5.41, 5.74) is 2.27. The van der Waals surface area contributed by atoms with Crippen LogP contribution in [0.4, 0.5) is 0 Å². The monoisotopic (exact) mass is 200 g/mol. The molecule has 0 aliphatic rings. The summed E-state index contributed by atoms with van der Waals surface area (Å²) in [6.45, 7) is 2.05. The first-order valence-corrected chi connectivity index (χ1v) is 4.84. The normalized spacial score (nSPS) is 10.2. The number of hydrogen-bond acceptors (Lipinski definition) is 2. The van der Waals surface area contributed by atoms with E-state index in [2.05, 4.69) is 22.1 Å². The number of aromatic amines is 1.